The summed E-state index contributed by atoms with van der Waals surface area (Å²) < 4.78 is 27.5. The summed E-state index contributed by atoms with van der Waals surface area (Å²) in [4.78, 5) is 15.3. The Hall–Kier alpha value is -2.91. The number of nitrogens with zero attached hydrogens (tertiary/aromatic N) is 1. The number of anilines is 1. The zero-order chi connectivity index (χ0) is 18.9. The molecule has 0 fully saturated rings. The van der Waals surface area contributed by atoms with Crippen LogP contribution in [0.15, 0.2) is 52.7 Å². The van der Waals surface area contributed by atoms with Crippen LogP contribution < -0.4 is 4.72 Å². The Kier molecular flexibility index (Phi) is 4.66. The predicted molar refractivity (Wildman–Crippen MR) is 98.2 cm³/mol. The first-order valence-electron chi connectivity index (χ1n) is 7.38. The van der Waals surface area contributed by atoms with Gasteiger partial charge in [-0.2, -0.15) is 0 Å². The van der Waals surface area contributed by atoms with E-state index >= 15 is 0 Å². The average molecular weight is 390 g/mol. The molecule has 0 radical (unpaired) electrons. The van der Waals surface area contributed by atoms with Crippen molar-refractivity contribution in [3.63, 3.8) is 0 Å². The van der Waals surface area contributed by atoms with Crippen molar-refractivity contribution in [3.8, 4) is 17.0 Å². The first kappa shape index (κ1) is 17.9. The number of sulfonamides is 1. The van der Waals surface area contributed by atoms with Gasteiger partial charge >= 0.3 is 5.97 Å². The van der Waals surface area contributed by atoms with E-state index in [0.29, 0.717) is 11.3 Å². The second-order valence-electron chi connectivity index (χ2n) is 5.42. The number of aromatic nitrogens is 1. The monoisotopic (exact) mass is 390 g/mol. The lowest BCUT2D eigenvalue weighted by Gasteiger charge is -2.10. The molecule has 3 aromatic rings. The SMILES string of the molecule is Cc1nc(-c2cccc(S(=O)(=O)Nc3ccc(C(=O)O)c(O)c3)c2)cs1. The highest BCUT2D eigenvalue weighted by atomic mass is 32.2. The van der Waals surface area contributed by atoms with Crippen LogP contribution in [-0.4, -0.2) is 29.6 Å². The molecule has 3 N–H and O–H groups in total. The van der Waals surface area contributed by atoms with Crippen molar-refractivity contribution in [1.29, 1.82) is 0 Å². The van der Waals surface area contributed by atoms with Crippen LogP contribution >= 0.6 is 11.3 Å². The summed E-state index contributed by atoms with van der Waals surface area (Å²) in [5, 5.41) is 21.3. The quantitative estimate of drug-likeness (QED) is 0.615. The van der Waals surface area contributed by atoms with Gasteiger partial charge in [0.05, 0.1) is 21.3 Å². The Morgan fingerprint density at radius 2 is 1.96 bits per heavy atom. The van der Waals surface area contributed by atoms with Gasteiger partial charge in [0.15, 0.2) is 0 Å². The number of thiazole rings is 1. The molecule has 3 rings (SSSR count). The highest BCUT2D eigenvalue weighted by molar-refractivity contribution is 7.92. The minimum absolute atomic E-state index is 0.0300. The average Bonchev–Trinajstić information content (AvgIpc) is 3.01. The smallest absolute Gasteiger partial charge is 0.339 e. The van der Waals surface area contributed by atoms with E-state index in [1.165, 1.54) is 29.5 Å². The van der Waals surface area contributed by atoms with Crippen LogP contribution in [0.3, 0.4) is 0 Å². The van der Waals surface area contributed by atoms with Crippen molar-refractivity contribution in [1.82, 2.24) is 4.98 Å². The molecule has 9 heteroatoms. The molecule has 0 saturated carbocycles. The molecule has 0 unspecified atom stereocenters. The molecule has 26 heavy (non-hydrogen) atoms. The van der Waals surface area contributed by atoms with Crippen molar-refractivity contribution >= 4 is 33.0 Å². The molecule has 0 saturated heterocycles. The molecular weight excluding hydrogens is 376 g/mol. The summed E-state index contributed by atoms with van der Waals surface area (Å²) in [6, 6.07) is 9.77. The number of carboxylic acids is 1. The Morgan fingerprint density at radius 3 is 2.58 bits per heavy atom. The van der Waals surface area contributed by atoms with E-state index < -0.39 is 21.7 Å². The summed E-state index contributed by atoms with van der Waals surface area (Å²) in [7, 11) is -3.92. The lowest BCUT2D eigenvalue weighted by molar-refractivity contribution is 0.0694. The molecular formula is C17H14N2O5S2. The fourth-order valence-corrected chi connectivity index (χ4v) is 4.03. The van der Waals surface area contributed by atoms with Gasteiger partial charge in [-0.15, -0.1) is 11.3 Å². The molecule has 7 nitrogen and oxygen atoms in total. The maximum atomic E-state index is 12.6. The number of hydrogen-bond acceptors (Lipinski definition) is 6. The number of carboxylic acid groups (broad SMARTS) is 1. The number of aromatic carboxylic acids is 1. The Balaban J connectivity index is 1.91. The van der Waals surface area contributed by atoms with Gasteiger partial charge in [0, 0.05) is 17.0 Å². The van der Waals surface area contributed by atoms with Crippen molar-refractivity contribution in [2.75, 3.05) is 4.72 Å². The van der Waals surface area contributed by atoms with E-state index in [2.05, 4.69) is 9.71 Å². The molecule has 1 heterocycles. The first-order valence-corrected chi connectivity index (χ1v) is 9.74. The number of aromatic hydroxyl groups is 1. The highest BCUT2D eigenvalue weighted by Gasteiger charge is 2.17. The van der Waals surface area contributed by atoms with E-state index in [9.17, 15) is 18.3 Å². The van der Waals surface area contributed by atoms with Crippen LogP contribution in [0.25, 0.3) is 11.3 Å². The molecule has 2 aromatic carbocycles. The van der Waals surface area contributed by atoms with Crippen molar-refractivity contribution in [2.24, 2.45) is 0 Å². The van der Waals surface area contributed by atoms with Gasteiger partial charge in [0.2, 0.25) is 0 Å². The molecule has 0 atom stereocenters. The van der Waals surface area contributed by atoms with Gasteiger partial charge in [-0.25, -0.2) is 18.2 Å². The summed E-state index contributed by atoms with van der Waals surface area (Å²) in [6.07, 6.45) is 0. The number of benzene rings is 2. The van der Waals surface area contributed by atoms with Gasteiger partial charge in [-0.05, 0) is 31.2 Å². The third-order valence-electron chi connectivity index (χ3n) is 3.54. The minimum Gasteiger partial charge on any atom is -0.507 e. The number of phenols is 1. The van der Waals surface area contributed by atoms with E-state index in [-0.39, 0.29) is 16.1 Å². The summed E-state index contributed by atoms with van der Waals surface area (Å²) >= 11 is 1.47. The molecule has 0 aliphatic carbocycles. The molecule has 0 aliphatic rings. The zero-order valence-corrected chi connectivity index (χ0v) is 15.1. The fourth-order valence-electron chi connectivity index (χ4n) is 2.31. The van der Waals surface area contributed by atoms with Crippen LogP contribution in [0.2, 0.25) is 0 Å². The Labute approximate surface area is 153 Å². The van der Waals surface area contributed by atoms with E-state index in [0.717, 1.165) is 17.1 Å². The molecule has 0 amide bonds. The molecule has 1 aromatic heterocycles. The van der Waals surface area contributed by atoms with Crippen LogP contribution in [-0.2, 0) is 10.0 Å². The van der Waals surface area contributed by atoms with E-state index in [1.807, 2.05) is 12.3 Å². The number of rotatable bonds is 5. The maximum Gasteiger partial charge on any atom is 0.339 e. The van der Waals surface area contributed by atoms with Crippen LogP contribution in [0, 0.1) is 6.92 Å². The van der Waals surface area contributed by atoms with Gasteiger partial charge in [0.1, 0.15) is 11.3 Å². The lowest BCUT2D eigenvalue weighted by atomic mass is 10.2. The van der Waals surface area contributed by atoms with Gasteiger partial charge in [-0.3, -0.25) is 4.72 Å². The summed E-state index contributed by atoms with van der Waals surface area (Å²) in [6.45, 7) is 1.86. The number of nitrogens with one attached hydrogen (secondary N) is 1. The Morgan fingerprint density at radius 1 is 1.19 bits per heavy atom. The number of hydrogen-bond donors (Lipinski definition) is 3. The normalized spacial score (nSPS) is 11.3. The van der Waals surface area contributed by atoms with Crippen LogP contribution in [0.1, 0.15) is 15.4 Å². The number of carbonyl (C=O) groups is 1. The van der Waals surface area contributed by atoms with Crippen molar-refractivity contribution < 1.29 is 23.4 Å². The lowest BCUT2D eigenvalue weighted by Crippen LogP contribution is -2.13. The fraction of sp³-hybridized carbons (Fsp3) is 0.0588. The molecule has 0 spiro atoms. The van der Waals surface area contributed by atoms with Gasteiger partial charge in [0.25, 0.3) is 10.0 Å². The van der Waals surface area contributed by atoms with Gasteiger partial charge in [-0.1, -0.05) is 12.1 Å². The molecule has 0 bridgehead atoms. The van der Waals surface area contributed by atoms with Crippen molar-refractivity contribution in [2.45, 2.75) is 11.8 Å². The second kappa shape index (κ2) is 6.77. The Bertz CT molecular complexity index is 1090. The molecule has 0 aliphatic heterocycles. The third-order valence-corrected chi connectivity index (χ3v) is 5.69. The number of aryl methyl sites for hydroxylation is 1. The minimum atomic E-state index is -3.92. The van der Waals surface area contributed by atoms with Gasteiger partial charge < -0.3 is 10.2 Å². The summed E-state index contributed by atoms with van der Waals surface area (Å²) in [5.74, 6) is -1.83. The predicted octanol–water partition coefficient (Wildman–Crippen LogP) is 3.32. The highest BCUT2D eigenvalue weighted by Crippen LogP contribution is 2.27. The first-order chi connectivity index (χ1) is 12.3. The van der Waals surface area contributed by atoms with Crippen LogP contribution in [0.4, 0.5) is 5.69 Å². The third kappa shape index (κ3) is 3.68. The van der Waals surface area contributed by atoms with E-state index in [4.69, 9.17) is 5.11 Å². The topological polar surface area (TPSA) is 117 Å². The van der Waals surface area contributed by atoms with Crippen LogP contribution in [0.5, 0.6) is 5.75 Å². The maximum absolute atomic E-state index is 12.6. The standard InChI is InChI=1S/C17H14N2O5S2/c1-10-18-15(9-25-10)11-3-2-4-13(7-11)26(23,24)19-12-5-6-14(17(21)22)16(20)8-12/h2-9,19-20H,1H3,(H,21,22). The van der Waals surface area contributed by atoms with Crippen molar-refractivity contribution in [3.05, 3.63) is 58.4 Å². The second-order valence-corrected chi connectivity index (χ2v) is 8.17. The molecule has 134 valence electrons. The summed E-state index contributed by atoms with van der Waals surface area (Å²) in [5.41, 5.74) is 1.10. The van der Waals surface area contributed by atoms with E-state index in [1.54, 1.807) is 12.1 Å². The largest absolute Gasteiger partial charge is 0.507 e. The zero-order valence-electron chi connectivity index (χ0n) is 13.5.